The van der Waals surface area contributed by atoms with E-state index in [0.29, 0.717) is 23.1 Å². The van der Waals surface area contributed by atoms with Gasteiger partial charge in [-0.25, -0.2) is 0 Å². The fourth-order valence-corrected chi connectivity index (χ4v) is 0.949. The molecule has 0 aromatic carbocycles. The quantitative estimate of drug-likeness (QED) is 0.723. The van der Waals surface area contributed by atoms with Crippen LogP contribution in [0, 0.1) is 6.92 Å². The molecular formula is C7H8N4O2. The molecule has 0 aliphatic heterocycles. The van der Waals surface area contributed by atoms with E-state index in [-0.39, 0.29) is 6.54 Å². The van der Waals surface area contributed by atoms with Crippen molar-refractivity contribution in [3.63, 3.8) is 0 Å². The van der Waals surface area contributed by atoms with Crippen LogP contribution < -0.4 is 5.73 Å². The Bertz CT molecular complexity index is 406. The molecule has 0 amide bonds. The highest BCUT2D eigenvalue weighted by Gasteiger charge is 2.12. The summed E-state index contributed by atoms with van der Waals surface area (Å²) in [6.07, 6.45) is 1.53. The van der Waals surface area contributed by atoms with Gasteiger partial charge in [0.1, 0.15) is 11.3 Å². The molecule has 2 aromatic heterocycles. The molecule has 2 heterocycles. The van der Waals surface area contributed by atoms with E-state index in [1.807, 2.05) is 0 Å². The van der Waals surface area contributed by atoms with Gasteiger partial charge in [-0.1, -0.05) is 5.16 Å². The molecule has 0 radical (unpaired) electrons. The molecule has 0 bridgehead atoms. The Morgan fingerprint density at radius 2 is 2.31 bits per heavy atom. The molecule has 0 atom stereocenters. The Kier molecular flexibility index (Phi) is 1.82. The topological polar surface area (TPSA) is 91.0 Å². The summed E-state index contributed by atoms with van der Waals surface area (Å²) < 4.78 is 10.1. The van der Waals surface area contributed by atoms with Crippen LogP contribution in [0.4, 0.5) is 0 Å². The Morgan fingerprint density at radius 1 is 1.46 bits per heavy atom. The maximum absolute atomic E-state index is 5.32. The van der Waals surface area contributed by atoms with E-state index in [4.69, 9.17) is 14.7 Å². The molecular weight excluding hydrogens is 172 g/mol. The van der Waals surface area contributed by atoms with Crippen LogP contribution in [0.2, 0.25) is 0 Å². The van der Waals surface area contributed by atoms with E-state index < -0.39 is 0 Å². The summed E-state index contributed by atoms with van der Waals surface area (Å²) >= 11 is 0. The van der Waals surface area contributed by atoms with Gasteiger partial charge in [0.05, 0.1) is 12.7 Å². The monoisotopic (exact) mass is 180 g/mol. The van der Waals surface area contributed by atoms with Crippen LogP contribution in [0.15, 0.2) is 15.1 Å². The summed E-state index contributed by atoms with van der Waals surface area (Å²) in [5.74, 6) is 1.43. The molecule has 0 aliphatic rings. The first-order chi connectivity index (χ1) is 6.31. The second-order valence-electron chi connectivity index (χ2n) is 2.50. The minimum Gasteiger partial charge on any atom is -0.419 e. The summed E-state index contributed by atoms with van der Waals surface area (Å²) in [7, 11) is 0. The lowest BCUT2D eigenvalue weighted by Gasteiger charge is -1.86. The van der Waals surface area contributed by atoms with E-state index in [1.165, 1.54) is 6.20 Å². The Labute approximate surface area is 73.7 Å². The molecule has 0 fully saturated rings. The lowest BCUT2D eigenvalue weighted by molar-refractivity contribution is 0.397. The highest BCUT2D eigenvalue weighted by molar-refractivity contribution is 5.52. The Hall–Kier alpha value is -1.69. The summed E-state index contributed by atoms with van der Waals surface area (Å²) in [5.41, 5.74) is 6.02. The maximum Gasteiger partial charge on any atom is 0.253 e. The van der Waals surface area contributed by atoms with Crippen LogP contribution in [-0.2, 0) is 6.54 Å². The first kappa shape index (κ1) is 7.93. The lowest BCUT2D eigenvalue weighted by Crippen LogP contribution is -1.95. The first-order valence-electron chi connectivity index (χ1n) is 3.75. The molecule has 0 spiro atoms. The van der Waals surface area contributed by atoms with Crippen molar-refractivity contribution in [1.82, 2.24) is 15.4 Å². The van der Waals surface area contributed by atoms with Gasteiger partial charge in [-0.2, -0.15) is 0 Å². The Morgan fingerprint density at radius 3 is 2.85 bits per heavy atom. The normalized spacial score (nSPS) is 10.6. The number of rotatable bonds is 2. The van der Waals surface area contributed by atoms with Crippen LogP contribution in [0.5, 0.6) is 0 Å². The van der Waals surface area contributed by atoms with Gasteiger partial charge < -0.3 is 14.7 Å². The van der Waals surface area contributed by atoms with Crippen molar-refractivity contribution in [3.05, 3.63) is 17.8 Å². The third-order valence-corrected chi connectivity index (χ3v) is 1.62. The minimum absolute atomic E-state index is 0.233. The van der Waals surface area contributed by atoms with E-state index in [2.05, 4.69) is 15.4 Å². The van der Waals surface area contributed by atoms with E-state index in [1.54, 1.807) is 6.92 Å². The average Bonchev–Trinajstić information content (AvgIpc) is 2.71. The zero-order valence-corrected chi connectivity index (χ0v) is 7.02. The second-order valence-corrected chi connectivity index (χ2v) is 2.50. The van der Waals surface area contributed by atoms with Crippen LogP contribution in [0.3, 0.4) is 0 Å². The zero-order chi connectivity index (χ0) is 9.26. The van der Waals surface area contributed by atoms with Crippen LogP contribution in [0.1, 0.15) is 11.7 Å². The number of nitrogens with zero attached hydrogens (tertiary/aromatic N) is 3. The number of aryl methyl sites for hydroxylation is 1. The molecule has 0 saturated carbocycles. The number of hydrogen-bond acceptors (Lipinski definition) is 6. The van der Waals surface area contributed by atoms with Gasteiger partial charge in [-0.05, 0) is 6.92 Å². The smallest absolute Gasteiger partial charge is 0.253 e. The van der Waals surface area contributed by atoms with Gasteiger partial charge in [-0.3, -0.25) is 0 Å². The van der Waals surface area contributed by atoms with Crippen LogP contribution in [-0.4, -0.2) is 15.4 Å². The van der Waals surface area contributed by atoms with E-state index >= 15 is 0 Å². The van der Waals surface area contributed by atoms with Crippen LogP contribution >= 0.6 is 0 Å². The number of hydrogen-bond donors (Lipinski definition) is 1. The predicted molar refractivity (Wildman–Crippen MR) is 42.4 cm³/mol. The van der Waals surface area contributed by atoms with Crippen LogP contribution in [0.25, 0.3) is 11.5 Å². The molecule has 2 N–H and O–H groups in total. The molecule has 6 heteroatoms. The van der Waals surface area contributed by atoms with Crippen molar-refractivity contribution in [2.24, 2.45) is 5.73 Å². The summed E-state index contributed by atoms with van der Waals surface area (Å²) in [6, 6.07) is 0. The van der Waals surface area contributed by atoms with Gasteiger partial charge in [0.15, 0.2) is 0 Å². The highest BCUT2D eigenvalue weighted by atomic mass is 16.5. The minimum atomic E-state index is 0.233. The number of nitrogens with two attached hydrogens (primary N) is 1. The standard InChI is InChI=1S/C7H8N4O2/c1-4-5(3-9-13-4)7-11-10-6(2-8)12-7/h3H,2,8H2,1H3. The second kappa shape index (κ2) is 2.98. The molecule has 13 heavy (non-hydrogen) atoms. The van der Waals surface area contributed by atoms with Gasteiger partial charge in [0.25, 0.3) is 5.89 Å². The van der Waals surface area contributed by atoms with Crippen molar-refractivity contribution in [2.45, 2.75) is 13.5 Å². The molecule has 6 nitrogen and oxygen atoms in total. The third kappa shape index (κ3) is 1.31. The summed E-state index contributed by atoms with van der Waals surface area (Å²) in [6.45, 7) is 2.01. The third-order valence-electron chi connectivity index (χ3n) is 1.62. The average molecular weight is 180 g/mol. The molecule has 2 aromatic rings. The summed E-state index contributed by atoms with van der Waals surface area (Å²) in [4.78, 5) is 0. The van der Waals surface area contributed by atoms with Crippen molar-refractivity contribution in [2.75, 3.05) is 0 Å². The van der Waals surface area contributed by atoms with Crippen molar-refractivity contribution < 1.29 is 8.94 Å². The lowest BCUT2D eigenvalue weighted by atomic mass is 10.3. The zero-order valence-electron chi connectivity index (χ0n) is 7.02. The van der Waals surface area contributed by atoms with E-state index in [0.717, 1.165) is 0 Å². The number of aromatic nitrogens is 3. The molecule has 2 rings (SSSR count). The fraction of sp³-hybridized carbons (Fsp3) is 0.286. The fourth-order valence-electron chi connectivity index (χ4n) is 0.949. The Balaban J connectivity index is 2.41. The maximum atomic E-state index is 5.32. The summed E-state index contributed by atoms with van der Waals surface area (Å²) in [5, 5.41) is 11.1. The molecule has 0 unspecified atom stereocenters. The van der Waals surface area contributed by atoms with Crippen molar-refractivity contribution in [3.8, 4) is 11.5 Å². The van der Waals surface area contributed by atoms with Gasteiger partial charge in [-0.15, -0.1) is 10.2 Å². The molecule has 0 aliphatic carbocycles. The molecule has 68 valence electrons. The highest BCUT2D eigenvalue weighted by Crippen LogP contribution is 2.20. The van der Waals surface area contributed by atoms with Gasteiger partial charge >= 0.3 is 0 Å². The SMILES string of the molecule is Cc1oncc1-c1nnc(CN)o1. The first-order valence-corrected chi connectivity index (χ1v) is 3.75. The van der Waals surface area contributed by atoms with Gasteiger partial charge in [0, 0.05) is 0 Å². The van der Waals surface area contributed by atoms with Crippen molar-refractivity contribution in [1.29, 1.82) is 0 Å². The van der Waals surface area contributed by atoms with Crippen molar-refractivity contribution >= 4 is 0 Å². The largest absolute Gasteiger partial charge is 0.419 e. The van der Waals surface area contributed by atoms with E-state index in [9.17, 15) is 0 Å². The predicted octanol–water partition coefficient (Wildman–Crippen LogP) is 0.492. The molecule has 0 saturated heterocycles. The van der Waals surface area contributed by atoms with Gasteiger partial charge in [0.2, 0.25) is 5.89 Å².